The van der Waals surface area contributed by atoms with Gasteiger partial charge in [-0.15, -0.1) is 0 Å². The molecular formula is C15H23N3O2S. The van der Waals surface area contributed by atoms with Gasteiger partial charge in [-0.1, -0.05) is 23.5 Å². The summed E-state index contributed by atoms with van der Waals surface area (Å²) >= 11 is 0. The van der Waals surface area contributed by atoms with Gasteiger partial charge in [-0.05, 0) is 42.4 Å². The van der Waals surface area contributed by atoms with Crippen LogP contribution in [-0.4, -0.2) is 28.7 Å². The highest BCUT2D eigenvalue weighted by molar-refractivity contribution is 8.00. The van der Waals surface area contributed by atoms with Crippen molar-refractivity contribution in [1.82, 2.24) is 5.01 Å². The third kappa shape index (κ3) is 3.11. The highest BCUT2D eigenvalue weighted by atomic mass is 32.3. The Morgan fingerprint density at radius 1 is 1.24 bits per heavy atom. The van der Waals surface area contributed by atoms with Gasteiger partial charge in [0.05, 0.1) is 5.57 Å². The second-order valence-electron chi connectivity index (χ2n) is 6.19. The van der Waals surface area contributed by atoms with Crippen molar-refractivity contribution in [2.45, 2.75) is 57.8 Å². The van der Waals surface area contributed by atoms with Crippen LogP contribution >= 0.6 is 0 Å². The molecule has 1 unspecified atom stereocenters. The van der Waals surface area contributed by atoms with Crippen molar-refractivity contribution in [3.05, 3.63) is 10.5 Å². The first kappa shape index (κ1) is 14.9. The van der Waals surface area contributed by atoms with E-state index in [0.717, 1.165) is 24.8 Å². The van der Waals surface area contributed by atoms with Gasteiger partial charge in [0, 0.05) is 19.7 Å². The van der Waals surface area contributed by atoms with Crippen LogP contribution in [0.5, 0.6) is 0 Å². The Kier molecular flexibility index (Phi) is 4.26. The standard InChI is InChI=1S/C15H23N3O2S/c1-18(16-11-12-7-3-2-4-8-12)15-13-9-5-6-10-14(13)21(19,20)17-15/h11-12H,2-10H2,1H3/b16-11+. The van der Waals surface area contributed by atoms with Gasteiger partial charge in [0.25, 0.3) is 0 Å². The maximum Gasteiger partial charge on any atom is 0.207 e. The lowest BCUT2D eigenvalue weighted by Crippen LogP contribution is -2.24. The van der Waals surface area contributed by atoms with Crippen molar-refractivity contribution in [3.63, 3.8) is 0 Å². The van der Waals surface area contributed by atoms with Crippen LogP contribution in [0.3, 0.4) is 0 Å². The monoisotopic (exact) mass is 309 g/mol. The molecule has 0 saturated heterocycles. The molecule has 1 atom stereocenters. The molecule has 2 aliphatic carbocycles. The van der Waals surface area contributed by atoms with Crippen molar-refractivity contribution in [2.75, 3.05) is 7.05 Å². The lowest BCUT2D eigenvalue weighted by Gasteiger charge is -2.19. The summed E-state index contributed by atoms with van der Waals surface area (Å²) in [6.07, 6.45) is 11.6. The van der Waals surface area contributed by atoms with Crippen LogP contribution in [0.25, 0.3) is 0 Å². The van der Waals surface area contributed by atoms with Gasteiger partial charge in [-0.2, -0.15) is 5.10 Å². The topological polar surface area (TPSA) is 68.1 Å². The van der Waals surface area contributed by atoms with Crippen molar-refractivity contribution in [2.24, 2.45) is 15.4 Å². The Balaban J connectivity index is 1.75. The van der Waals surface area contributed by atoms with E-state index < -0.39 is 10.4 Å². The molecule has 0 N–H and O–H groups in total. The summed E-state index contributed by atoms with van der Waals surface area (Å²) in [7, 11) is -1.63. The van der Waals surface area contributed by atoms with Gasteiger partial charge in [0.2, 0.25) is 16.2 Å². The highest BCUT2D eigenvalue weighted by Gasteiger charge is 2.40. The SMILES string of the molecule is CN(/N=C/C1CCCCC1)C1=N[S+](=O)([O-])C2=C1CCCC2. The number of nitrogens with zero attached hydrogens (tertiary/aromatic N) is 3. The molecule has 6 heteroatoms. The van der Waals surface area contributed by atoms with Gasteiger partial charge < -0.3 is 4.55 Å². The Bertz CT molecular complexity index is 547. The summed E-state index contributed by atoms with van der Waals surface area (Å²) in [6, 6.07) is 0. The number of amidine groups is 1. The minimum absolute atomic E-state index is 0.527. The van der Waals surface area contributed by atoms with Crippen LogP contribution in [0, 0.1) is 5.92 Å². The quantitative estimate of drug-likeness (QED) is 0.446. The number of rotatable bonds is 2. The van der Waals surface area contributed by atoms with E-state index >= 15 is 0 Å². The van der Waals surface area contributed by atoms with Crippen molar-refractivity contribution < 1.29 is 8.76 Å². The average molecular weight is 309 g/mol. The fourth-order valence-corrected chi connectivity index (χ4v) is 4.88. The first-order valence-electron chi connectivity index (χ1n) is 7.93. The summed E-state index contributed by atoms with van der Waals surface area (Å²) in [5, 5.41) is 6.12. The molecule has 0 aromatic heterocycles. The van der Waals surface area contributed by atoms with E-state index in [1.54, 1.807) is 12.1 Å². The third-order valence-corrected chi connectivity index (χ3v) is 6.10. The van der Waals surface area contributed by atoms with Crippen LogP contribution in [0.2, 0.25) is 0 Å². The van der Waals surface area contributed by atoms with Gasteiger partial charge in [-0.25, -0.2) is 5.01 Å². The number of likely N-dealkylation sites (N-methyl/N-ethyl adjacent to an activating group) is 1. The molecule has 0 bridgehead atoms. The molecule has 3 aliphatic rings. The minimum atomic E-state index is -3.43. The Morgan fingerprint density at radius 2 is 1.95 bits per heavy atom. The zero-order chi connectivity index (χ0) is 14.9. The molecule has 0 amide bonds. The second kappa shape index (κ2) is 6.01. The van der Waals surface area contributed by atoms with E-state index in [4.69, 9.17) is 0 Å². The molecule has 0 aromatic rings. The Labute approximate surface area is 127 Å². The van der Waals surface area contributed by atoms with Crippen LogP contribution in [-0.2, 0) is 14.6 Å². The van der Waals surface area contributed by atoms with Crippen LogP contribution in [0.4, 0.5) is 0 Å². The summed E-state index contributed by atoms with van der Waals surface area (Å²) in [6.45, 7) is 0. The number of hydrogen-bond donors (Lipinski definition) is 0. The molecule has 5 nitrogen and oxygen atoms in total. The second-order valence-corrected chi connectivity index (χ2v) is 7.81. The van der Waals surface area contributed by atoms with Crippen LogP contribution < -0.4 is 0 Å². The van der Waals surface area contributed by atoms with E-state index in [0.29, 0.717) is 23.1 Å². The first-order valence-corrected chi connectivity index (χ1v) is 9.37. The smallest absolute Gasteiger partial charge is 0.207 e. The van der Waals surface area contributed by atoms with Gasteiger partial charge in [0.15, 0.2) is 4.91 Å². The molecule has 1 fully saturated rings. The maximum atomic E-state index is 12.1. The predicted octanol–water partition coefficient (Wildman–Crippen LogP) is 3.27. The number of hydrogen-bond acceptors (Lipinski definition) is 4. The molecule has 0 radical (unpaired) electrons. The third-order valence-electron chi connectivity index (χ3n) is 4.61. The number of allylic oxidation sites excluding steroid dienone is 1. The molecule has 116 valence electrons. The molecule has 0 aromatic carbocycles. The fraction of sp³-hybridized carbons (Fsp3) is 0.733. The molecule has 0 spiro atoms. The van der Waals surface area contributed by atoms with Crippen molar-refractivity contribution in [1.29, 1.82) is 0 Å². The average Bonchev–Trinajstić information content (AvgIpc) is 2.78. The van der Waals surface area contributed by atoms with Gasteiger partial charge >= 0.3 is 0 Å². The molecular weight excluding hydrogens is 286 g/mol. The summed E-state index contributed by atoms with van der Waals surface area (Å²) < 4.78 is 28.1. The minimum Gasteiger partial charge on any atom is -0.587 e. The zero-order valence-corrected chi connectivity index (χ0v) is 13.4. The largest absolute Gasteiger partial charge is 0.587 e. The van der Waals surface area contributed by atoms with E-state index in [-0.39, 0.29) is 0 Å². The van der Waals surface area contributed by atoms with E-state index in [2.05, 4.69) is 9.50 Å². The lowest BCUT2D eigenvalue weighted by molar-refractivity contribution is 0.437. The van der Waals surface area contributed by atoms with Crippen molar-refractivity contribution in [3.8, 4) is 0 Å². The van der Waals surface area contributed by atoms with E-state index in [1.165, 1.54) is 32.1 Å². The van der Waals surface area contributed by atoms with E-state index in [1.807, 2.05) is 6.21 Å². The molecule has 21 heavy (non-hydrogen) atoms. The van der Waals surface area contributed by atoms with Crippen LogP contribution in [0.1, 0.15) is 57.8 Å². The Hall–Kier alpha value is -1.01. The van der Waals surface area contributed by atoms with Crippen molar-refractivity contribution >= 4 is 22.4 Å². The molecule has 1 aliphatic heterocycles. The molecule has 1 saturated carbocycles. The predicted molar refractivity (Wildman–Crippen MR) is 84.6 cm³/mol. The number of hydrazone groups is 1. The highest BCUT2D eigenvalue weighted by Crippen LogP contribution is 2.38. The van der Waals surface area contributed by atoms with Gasteiger partial charge in [-0.3, -0.25) is 0 Å². The lowest BCUT2D eigenvalue weighted by atomic mass is 9.90. The first-order chi connectivity index (χ1) is 10.1. The van der Waals surface area contributed by atoms with Crippen LogP contribution in [0.15, 0.2) is 20.0 Å². The normalized spacial score (nSPS) is 30.7. The fourth-order valence-electron chi connectivity index (χ4n) is 3.41. The maximum absolute atomic E-state index is 12.1. The summed E-state index contributed by atoms with van der Waals surface area (Å²) in [4.78, 5) is 0.531. The summed E-state index contributed by atoms with van der Waals surface area (Å²) in [5.74, 6) is 1.07. The van der Waals surface area contributed by atoms with E-state index in [9.17, 15) is 8.76 Å². The Morgan fingerprint density at radius 3 is 2.71 bits per heavy atom. The molecule has 1 heterocycles. The molecule has 3 rings (SSSR count). The number of sulfonamides is 1. The van der Waals surface area contributed by atoms with Gasteiger partial charge in [0.1, 0.15) is 0 Å². The summed E-state index contributed by atoms with van der Waals surface area (Å²) in [5.41, 5.74) is 0.893. The zero-order valence-electron chi connectivity index (χ0n) is 12.6.